The number of hydrogen-bond donors (Lipinski definition) is 1. The lowest BCUT2D eigenvalue weighted by molar-refractivity contribution is -0.167. The molecule has 0 aromatic heterocycles. The van der Waals surface area contributed by atoms with E-state index in [1.165, 1.54) is 0 Å². The fourth-order valence-corrected chi connectivity index (χ4v) is 2.43. The fraction of sp³-hybridized carbons (Fsp3) is 0.562. The van der Waals surface area contributed by atoms with Crippen LogP contribution in [0, 0.1) is 0 Å². The molecule has 2 rings (SSSR count). The Bertz CT molecular complexity index is 476. The summed E-state index contributed by atoms with van der Waals surface area (Å²) >= 11 is 0. The Hall–Kier alpha value is -1.55. The number of carbonyl (C=O) groups is 1. The van der Waals surface area contributed by atoms with Gasteiger partial charge in [0, 0.05) is 12.8 Å². The van der Waals surface area contributed by atoms with Crippen LogP contribution in [-0.4, -0.2) is 28.4 Å². The van der Waals surface area contributed by atoms with Crippen LogP contribution in [0.15, 0.2) is 24.3 Å². The maximum atomic E-state index is 11.8. The predicted molar refractivity (Wildman–Crippen MR) is 75.6 cm³/mol. The lowest BCUT2D eigenvalue weighted by Gasteiger charge is -2.28. The molecule has 0 spiro atoms. The van der Waals surface area contributed by atoms with Gasteiger partial charge in [0.15, 0.2) is 6.10 Å². The summed E-state index contributed by atoms with van der Waals surface area (Å²) in [7, 11) is 0. The molecule has 20 heavy (non-hydrogen) atoms. The van der Waals surface area contributed by atoms with Gasteiger partial charge in [0.1, 0.15) is 17.0 Å². The van der Waals surface area contributed by atoms with Crippen molar-refractivity contribution in [2.75, 3.05) is 0 Å². The van der Waals surface area contributed by atoms with Crippen molar-refractivity contribution >= 4 is 5.97 Å². The summed E-state index contributed by atoms with van der Waals surface area (Å²) in [6, 6.07) is 7.77. The van der Waals surface area contributed by atoms with Crippen LogP contribution in [0.5, 0.6) is 5.75 Å². The molecule has 1 aromatic carbocycles. The standard InChI is InChI=1S/C16H22O4/c1-15(2,3)20-14(18)12(17)10-16(4)9-11-7-5-6-8-13(11)19-16/h5-8,12,17H,9-10H2,1-4H3/t12-,16?/m0/s1. The van der Waals surface area contributed by atoms with E-state index in [1.807, 2.05) is 31.2 Å². The number of benzene rings is 1. The Morgan fingerprint density at radius 1 is 1.45 bits per heavy atom. The lowest BCUT2D eigenvalue weighted by Crippen LogP contribution is -2.40. The minimum Gasteiger partial charge on any atom is -0.487 e. The summed E-state index contributed by atoms with van der Waals surface area (Å²) in [6.45, 7) is 7.24. The summed E-state index contributed by atoms with van der Waals surface area (Å²) in [4.78, 5) is 11.8. The van der Waals surface area contributed by atoms with Crippen LogP contribution in [0.4, 0.5) is 0 Å². The van der Waals surface area contributed by atoms with Crippen LogP contribution in [0.2, 0.25) is 0 Å². The van der Waals surface area contributed by atoms with Crippen molar-refractivity contribution in [2.24, 2.45) is 0 Å². The molecule has 0 radical (unpaired) electrons. The van der Waals surface area contributed by atoms with Crippen LogP contribution < -0.4 is 4.74 Å². The van der Waals surface area contributed by atoms with Gasteiger partial charge < -0.3 is 14.6 Å². The van der Waals surface area contributed by atoms with Gasteiger partial charge in [-0.05, 0) is 39.3 Å². The van der Waals surface area contributed by atoms with Crippen LogP contribution in [-0.2, 0) is 16.0 Å². The number of para-hydroxylation sites is 1. The van der Waals surface area contributed by atoms with Gasteiger partial charge in [-0.2, -0.15) is 0 Å². The van der Waals surface area contributed by atoms with Crippen molar-refractivity contribution in [3.63, 3.8) is 0 Å². The van der Waals surface area contributed by atoms with Gasteiger partial charge in [-0.25, -0.2) is 4.79 Å². The number of hydrogen-bond acceptors (Lipinski definition) is 4. The molecule has 110 valence electrons. The van der Waals surface area contributed by atoms with E-state index in [0.29, 0.717) is 6.42 Å². The van der Waals surface area contributed by atoms with Crippen LogP contribution in [0.1, 0.15) is 39.7 Å². The predicted octanol–water partition coefficient (Wildman–Crippen LogP) is 2.47. The van der Waals surface area contributed by atoms with Crippen molar-refractivity contribution in [1.29, 1.82) is 0 Å². The first kappa shape index (κ1) is 14.9. The van der Waals surface area contributed by atoms with Crippen LogP contribution >= 0.6 is 0 Å². The molecule has 1 aromatic rings. The molecule has 1 unspecified atom stereocenters. The van der Waals surface area contributed by atoms with E-state index in [-0.39, 0.29) is 6.42 Å². The smallest absolute Gasteiger partial charge is 0.335 e. The average Bonchev–Trinajstić information content (AvgIpc) is 2.62. The normalized spacial score (nSPS) is 22.9. The molecule has 4 nitrogen and oxygen atoms in total. The van der Waals surface area contributed by atoms with E-state index in [0.717, 1.165) is 11.3 Å². The van der Waals surface area contributed by atoms with Crippen molar-refractivity contribution in [1.82, 2.24) is 0 Å². The van der Waals surface area contributed by atoms with Gasteiger partial charge in [0.25, 0.3) is 0 Å². The molecule has 0 bridgehead atoms. The number of fused-ring (bicyclic) bond motifs is 1. The minimum atomic E-state index is -1.17. The number of aliphatic hydroxyl groups excluding tert-OH is 1. The fourth-order valence-electron chi connectivity index (χ4n) is 2.43. The van der Waals surface area contributed by atoms with E-state index in [2.05, 4.69) is 0 Å². The third-order valence-corrected chi connectivity index (χ3v) is 3.20. The van der Waals surface area contributed by atoms with Crippen LogP contribution in [0.3, 0.4) is 0 Å². The van der Waals surface area contributed by atoms with Gasteiger partial charge >= 0.3 is 5.97 Å². The van der Waals surface area contributed by atoms with Crippen molar-refractivity contribution in [2.45, 2.75) is 57.8 Å². The van der Waals surface area contributed by atoms with Gasteiger partial charge in [-0.1, -0.05) is 18.2 Å². The summed E-state index contributed by atoms with van der Waals surface area (Å²) in [6.07, 6.45) is -0.270. The first-order valence-corrected chi connectivity index (χ1v) is 6.86. The van der Waals surface area contributed by atoms with Gasteiger partial charge in [0.05, 0.1) is 0 Å². The highest BCUT2D eigenvalue weighted by atomic mass is 16.6. The second-order valence-electron chi connectivity index (χ2n) is 6.59. The maximum absolute atomic E-state index is 11.8. The monoisotopic (exact) mass is 278 g/mol. The molecule has 4 heteroatoms. The molecule has 0 saturated carbocycles. The Morgan fingerprint density at radius 3 is 2.70 bits per heavy atom. The quantitative estimate of drug-likeness (QED) is 0.863. The molecule has 0 fully saturated rings. The number of rotatable bonds is 3. The van der Waals surface area contributed by atoms with E-state index in [1.54, 1.807) is 20.8 Å². The van der Waals surface area contributed by atoms with E-state index in [9.17, 15) is 9.90 Å². The number of aliphatic hydroxyl groups is 1. The first-order valence-electron chi connectivity index (χ1n) is 6.86. The van der Waals surface area contributed by atoms with Gasteiger partial charge in [-0.3, -0.25) is 0 Å². The maximum Gasteiger partial charge on any atom is 0.335 e. The molecule has 1 aliphatic rings. The molecule has 1 N–H and O–H groups in total. The summed E-state index contributed by atoms with van der Waals surface area (Å²) in [5, 5.41) is 10.0. The van der Waals surface area contributed by atoms with Crippen molar-refractivity contribution < 1.29 is 19.4 Å². The SMILES string of the molecule is CC(C)(C)OC(=O)[C@@H](O)CC1(C)Cc2ccccc2O1. The lowest BCUT2D eigenvalue weighted by atomic mass is 9.93. The molecular formula is C16H22O4. The topological polar surface area (TPSA) is 55.8 Å². The highest BCUT2D eigenvalue weighted by Gasteiger charge is 2.39. The van der Waals surface area contributed by atoms with Crippen LogP contribution in [0.25, 0.3) is 0 Å². The highest BCUT2D eigenvalue weighted by Crippen LogP contribution is 2.37. The third kappa shape index (κ3) is 3.51. The van der Waals surface area contributed by atoms with E-state index < -0.39 is 23.3 Å². The number of carbonyl (C=O) groups excluding carboxylic acids is 1. The number of ether oxygens (including phenoxy) is 2. The highest BCUT2D eigenvalue weighted by molar-refractivity contribution is 5.75. The third-order valence-electron chi connectivity index (χ3n) is 3.20. The Labute approximate surface area is 119 Å². The second kappa shape index (κ2) is 5.09. The van der Waals surface area contributed by atoms with E-state index in [4.69, 9.17) is 9.47 Å². The zero-order valence-electron chi connectivity index (χ0n) is 12.5. The Balaban J connectivity index is 1.99. The Kier molecular flexibility index (Phi) is 3.78. The van der Waals surface area contributed by atoms with E-state index >= 15 is 0 Å². The molecule has 0 amide bonds. The van der Waals surface area contributed by atoms with Gasteiger partial charge in [-0.15, -0.1) is 0 Å². The van der Waals surface area contributed by atoms with Gasteiger partial charge in [0.2, 0.25) is 0 Å². The molecule has 0 saturated heterocycles. The molecule has 0 aliphatic carbocycles. The zero-order valence-corrected chi connectivity index (χ0v) is 12.5. The number of esters is 1. The summed E-state index contributed by atoms with van der Waals surface area (Å²) in [5.74, 6) is 0.227. The zero-order chi connectivity index (χ0) is 15.0. The van der Waals surface area contributed by atoms with Crippen molar-refractivity contribution in [3.8, 4) is 5.75 Å². The molecule has 1 aliphatic heterocycles. The molecule has 1 heterocycles. The summed E-state index contributed by atoms with van der Waals surface area (Å²) in [5.41, 5.74) is -0.0650. The molecular weight excluding hydrogens is 256 g/mol. The summed E-state index contributed by atoms with van der Waals surface area (Å²) < 4.78 is 11.1. The largest absolute Gasteiger partial charge is 0.487 e. The average molecular weight is 278 g/mol. The minimum absolute atomic E-state index is 0.219. The second-order valence-corrected chi connectivity index (χ2v) is 6.59. The van der Waals surface area contributed by atoms with Crippen molar-refractivity contribution in [3.05, 3.63) is 29.8 Å². The molecule has 2 atom stereocenters. The Morgan fingerprint density at radius 2 is 2.10 bits per heavy atom. The first-order chi connectivity index (χ1) is 9.19.